The molecule has 0 spiro atoms. The largest absolute Gasteiger partial charge is 0.362 e. The third-order valence-corrected chi connectivity index (χ3v) is 0.813. The summed E-state index contributed by atoms with van der Waals surface area (Å²) in [5.74, 6) is -0.366. The van der Waals surface area contributed by atoms with E-state index in [-0.39, 0.29) is 5.78 Å². The normalized spacial score (nSPS) is 14.9. The van der Waals surface area contributed by atoms with E-state index in [0.29, 0.717) is 0 Å². The van der Waals surface area contributed by atoms with E-state index in [4.69, 9.17) is 9.84 Å². The van der Waals surface area contributed by atoms with E-state index in [1.807, 2.05) is 0 Å². The van der Waals surface area contributed by atoms with Gasteiger partial charge in [-0.2, -0.15) is 0 Å². The minimum atomic E-state index is -1.28. The van der Waals surface area contributed by atoms with Gasteiger partial charge in [0.1, 0.15) is 0 Å². The maximum Gasteiger partial charge on any atom is 0.215 e. The zero-order chi connectivity index (χ0) is 8.36. The first kappa shape index (κ1) is 9.59. The molecule has 60 valence electrons. The van der Waals surface area contributed by atoms with Crippen LogP contribution in [0, 0.1) is 0 Å². The number of ether oxygens (including phenoxy) is 1. The van der Waals surface area contributed by atoms with E-state index in [1.165, 1.54) is 6.92 Å². The quantitative estimate of drug-likeness (QED) is 0.583. The fourth-order valence-electron chi connectivity index (χ4n) is 0.418. The number of Topliss-reactive ketones (excluding diaryl/α,β-unsaturated/α-hetero) is 1. The Balaban J connectivity index is 3.80. The van der Waals surface area contributed by atoms with Gasteiger partial charge in [-0.3, -0.25) is 4.79 Å². The molecule has 10 heavy (non-hydrogen) atoms. The maximum absolute atomic E-state index is 10.4. The number of rotatable bonds is 2. The zero-order valence-electron chi connectivity index (χ0n) is 6.84. The van der Waals surface area contributed by atoms with Crippen LogP contribution in [0.5, 0.6) is 0 Å². The molecule has 0 saturated carbocycles. The van der Waals surface area contributed by atoms with Gasteiger partial charge in [0, 0.05) is 0 Å². The van der Waals surface area contributed by atoms with Gasteiger partial charge in [-0.15, -0.1) is 0 Å². The van der Waals surface area contributed by atoms with Crippen molar-refractivity contribution in [1.82, 2.24) is 0 Å². The number of hydrogen-bond donors (Lipinski definition) is 1. The first-order chi connectivity index (χ1) is 4.33. The van der Waals surface area contributed by atoms with E-state index >= 15 is 0 Å². The Labute approximate surface area is 61.0 Å². The van der Waals surface area contributed by atoms with Crippen molar-refractivity contribution in [2.24, 2.45) is 0 Å². The molecule has 0 fully saturated rings. The molecule has 3 nitrogen and oxygen atoms in total. The van der Waals surface area contributed by atoms with Crippen molar-refractivity contribution < 1.29 is 14.6 Å². The van der Waals surface area contributed by atoms with Crippen molar-refractivity contribution >= 4 is 5.78 Å². The Morgan fingerprint density at radius 3 is 2.00 bits per heavy atom. The van der Waals surface area contributed by atoms with Crippen molar-refractivity contribution in [2.45, 2.75) is 39.6 Å². The smallest absolute Gasteiger partial charge is 0.215 e. The summed E-state index contributed by atoms with van der Waals surface area (Å²) in [5, 5.41) is 8.89. The Bertz CT molecular complexity index is 123. The molecule has 1 unspecified atom stereocenters. The van der Waals surface area contributed by atoms with Gasteiger partial charge >= 0.3 is 0 Å². The van der Waals surface area contributed by atoms with Crippen LogP contribution in [0.1, 0.15) is 27.7 Å². The van der Waals surface area contributed by atoms with Crippen molar-refractivity contribution in [3.05, 3.63) is 0 Å². The lowest BCUT2D eigenvalue weighted by Gasteiger charge is -2.21. The third-order valence-electron chi connectivity index (χ3n) is 0.813. The fraction of sp³-hybridized carbons (Fsp3) is 0.857. The molecular formula is C7H14O3. The zero-order valence-corrected chi connectivity index (χ0v) is 6.84. The van der Waals surface area contributed by atoms with Crippen LogP contribution in [0.15, 0.2) is 0 Å². The summed E-state index contributed by atoms with van der Waals surface area (Å²) in [5.41, 5.74) is -0.467. The molecule has 0 amide bonds. The van der Waals surface area contributed by atoms with Gasteiger partial charge < -0.3 is 9.84 Å². The van der Waals surface area contributed by atoms with E-state index in [1.54, 1.807) is 20.8 Å². The maximum atomic E-state index is 10.4. The third kappa shape index (κ3) is 4.47. The first-order valence-corrected chi connectivity index (χ1v) is 3.19. The molecule has 0 aromatic rings. The number of carbonyl (C=O) groups is 1. The molecule has 0 radical (unpaired) electrons. The molecule has 0 rings (SSSR count). The number of aliphatic hydroxyl groups is 1. The van der Waals surface area contributed by atoms with E-state index in [9.17, 15) is 4.79 Å². The number of hydrogen-bond acceptors (Lipinski definition) is 3. The molecule has 0 bridgehead atoms. The number of aliphatic hydroxyl groups excluding tert-OH is 1. The highest BCUT2D eigenvalue weighted by molar-refractivity contribution is 5.78. The average Bonchev–Trinajstić information content (AvgIpc) is 1.60. The average molecular weight is 146 g/mol. The second-order valence-electron chi connectivity index (χ2n) is 3.19. The second kappa shape index (κ2) is 3.12. The van der Waals surface area contributed by atoms with Gasteiger partial charge in [-0.1, -0.05) is 0 Å². The summed E-state index contributed by atoms with van der Waals surface area (Å²) in [4.78, 5) is 10.4. The molecule has 0 aliphatic carbocycles. The van der Waals surface area contributed by atoms with Crippen LogP contribution in [0.25, 0.3) is 0 Å². The lowest BCUT2D eigenvalue weighted by Crippen LogP contribution is -2.31. The molecule has 0 aromatic heterocycles. The molecule has 0 heterocycles. The Morgan fingerprint density at radius 1 is 1.50 bits per heavy atom. The van der Waals surface area contributed by atoms with Gasteiger partial charge in [-0.25, -0.2) is 0 Å². The van der Waals surface area contributed by atoms with Gasteiger partial charge in [0.2, 0.25) is 6.29 Å². The molecule has 3 heteroatoms. The van der Waals surface area contributed by atoms with E-state index < -0.39 is 11.9 Å². The topological polar surface area (TPSA) is 46.5 Å². The molecular weight excluding hydrogens is 132 g/mol. The second-order valence-corrected chi connectivity index (χ2v) is 3.19. The standard InChI is InChI=1S/C7H14O3/c1-5(8)6(9)10-7(2,3)4/h6,9H,1-4H3. The summed E-state index contributed by atoms with van der Waals surface area (Å²) in [6.45, 7) is 6.62. The highest BCUT2D eigenvalue weighted by Gasteiger charge is 2.19. The summed E-state index contributed by atoms with van der Waals surface area (Å²) in [6.07, 6.45) is -1.28. The van der Waals surface area contributed by atoms with Crippen molar-refractivity contribution in [2.75, 3.05) is 0 Å². The monoisotopic (exact) mass is 146 g/mol. The van der Waals surface area contributed by atoms with Gasteiger partial charge in [0.05, 0.1) is 5.60 Å². The highest BCUT2D eigenvalue weighted by atomic mass is 16.6. The van der Waals surface area contributed by atoms with Gasteiger partial charge in [0.15, 0.2) is 5.78 Å². The van der Waals surface area contributed by atoms with Crippen molar-refractivity contribution in [3.63, 3.8) is 0 Å². The lowest BCUT2D eigenvalue weighted by atomic mass is 10.2. The Morgan fingerprint density at radius 2 is 1.90 bits per heavy atom. The van der Waals surface area contributed by atoms with E-state index in [0.717, 1.165) is 0 Å². The van der Waals surface area contributed by atoms with Crippen LogP contribution >= 0.6 is 0 Å². The van der Waals surface area contributed by atoms with Crippen LogP contribution in [-0.2, 0) is 9.53 Å². The van der Waals surface area contributed by atoms with Crippen LogP contribution < -0.4 is 0 Å². The molecule has 0 saturated heterocycles. The van der Waals surface area contributed by atoms with Gasteiger partial charge in [-0.05, 0) is 27.7 Å². The first-order valence-electron chi connectivity index (χ1n) is 3.19. The number of ketones is 1. The molecule has 0 aliphatic rings. The predicted molar refractivity (Wildman–Crippen MR) is 37.5 cm³/mol. The molecule has 0 aliphatic heterocycles. The minimum Gasteiger partial charge on any atom is -0.362 e. The van der Waals surface area contributed by atoms with Crippen molar-refractivity contribution in [3.8, 4) is 0 Å². The SMILES string of the molecule is CC(=O)C(O)OC(C)(C)C. The number of carbonyl (C=O) groups excluding carboxylic acids is 1. The summed E-state index contributed by atoms with van der Waals surface area (Å²) in [7, 11) is 0. The minimum absolute atomic E-state index is 0.366. The Hall–Kier alpha value is -0.410. The van der Waals surface area contributed by atoms with Crippen LogP contribution in [0.3, 0.4) is 0 Å². The Kier molecular flexibility index (Phi) is 2.99. The van der Waals surface area contributed by atoms with Crippen molar-refractivity contribution in [1.29, 1.82) is 0 Å². The van der Waals surface area contributed by atoms with Crippen LogP contribution in [0.4, 0.5) is 0 Å². The predicted octanol–water partition coefficient (Wildman–Crippen LogP) is 0.709. The fourth-order valence-corrected chi connectivity index (χ4v) is 0.418. The summed E-state index contributed by atoms with van der Waals surface area (Å²) in [6, 6.07) is 0. The van der Waals surface area contributed by atoms with E-state index in [2.05, 4.69) is 0 Å². The molecule has 1 atom stereocenters. The highest BCUT2D eigenvalue weighted by Crippen LogP contribution is 2.09. The summed E-state index contributed by atoms with van der Waals surface area (Å²) >= 11 is 0. The van der Waals surface area contributed by atoms with Crippen LogP contribution in [-0.4, -0.2) is 22.8 Å². The van der Waals surface area contributed by atoms with Gasteiger partial charge in [0.25, 0.3) is 0 Å². The lowest BCUT2D eigenvalue weighted by molar-refractivity contribution is -0.179. The molecule has 1 N–H and O–H groups in total. The summed E-state index contributed by atoms with van der Waals surface area (Å²) < 4.78 is 4.91. The van der Waals surface area contributed by atoms with Crippen LogP contribution in [0.2, 0.25) is 0 Å². The molecule has 0 aromatic carbocycles.